The van der Waals surface area contributed by atoms with Crippen LogP contribution in [0.4, 0.5) is 0 Å². The van der Waals surface area contributed by atoms with Crippen molar-refractivity contribution in [2.24, 2.45) is 0 Å². The average molecular weight is 605 g/mol. The molecule has 8 nitrogen and oxygen atoms in total. The number of amides is 1. The molecule has 230 valence electrons. The molecule has 2 aliphatic rings. The first-order valence-corrected chi connectivity index (χ1v) is 16.3. The third-order valence-corrected chi connectivity index (χ3v) is 9.34. The van der Waals surface area contributed by atoms with Crippen LogP contribution in [0.1, 0.15) is 63.3 Å². The SMILES string of the molecule is CC(C)(C)c1ccc(OCCOCCNCCC(=O)N2CCc3nc(SC4CCC4)n(-c4ccccc4)c(=O)c3C2)cc1. The monoisotopic (exact) mass is 604 g/mol. The highest BCUT2D eigenvalue weighted by molar-refractivity contribution is 7.99. The van der Waals surface area contributed by atoms with Gasteiger partial charge < -0.3 is 19.7 Å². The van der Waals surface area contributed by atoms with Gasteiger partial charge in [-0.1, -0.05) is 69.3 Å². The van der Waals surface area contributed by atoms with Gasteiger partial charge in [-0.05, 0) is 48.1 Å². The van der Waals surface area contributed by atoms with Crippen LogP contribution in [0.5, 0.6) is 5.75 Å². The minimum Gasteiger partial charge on any atom is -0.491 e. The lowest BCUT2D eigenvalue weighted by atomic mass is 9.87. The Kier molecular flexibility index (Phi) is 10.6. The van der Waals surface area contributed by atoms with Gasteiger partial charge in [0.25, 0.3) is 5.56 Å². The highest BCUT2D eigenvalue weighted by atomic mass is 32.2. The van der Waals surface area contributed by atoms with Crippen LogP contribution in [0.25, 0.3) is 5.69 Å². The Hall–Kier alpha value is -3.14. The number of benzene rings is 2. The zero-order valence-corrected chi connectivity index (χ0v) is 26.5. The Labute approximate surface area is 259 Å². The third kappa shape index (κ3) is 8.28. The van der Waals surface area contributed by atoms with Crippen molar-refractivity contribution >= 4 is 17.7 Å². The minimum atomic E-state index is -0.0586. The molecule has 0 spiro atoms. The molecule has 3 aromatic rings. The maximum atomic E-state index is 13.8. The molecule has 1 aliphatic carbocycles. The van der Waals surface area contributed by atoms with Crippen LogP contribution in [0.2, 0.25) is 0 Å². The topological polar surface area (TPSA) is 85.7 Å². The predicted molar refractivity (Wildman–Crippen MR) is 171 cm³/mol. The second kappa shape index (κ2) is 14.6. The third-order valence-electron chi connectivity index (χ3n) is 8.05. The van der Waals surface area contributed by atoms with Gasteiger partial charge in [0.1, 0.15) is 12.4 Å². The van der Waals surface area contributed by atoms with Crippen LogP contribution in [0.3, 0.4) is 0 Å². The lowest BCUT2D eigenvalue weighted by Crippen LogP contribution is -2.42. The number of ether oxygens (including phenoxy) is 2. The molecule has 1 fully saturated rings. The van der Waals surface area contributed by atoms with Crippen molar-refractivity contribution in [2.75, 3.05) is 39.5 Å². The van der Waals surface area contributed by atoms with E-state index in [1.165, 1.54) is 12.0 Å². The van der Waals surface area contributed by atoms with Crippen molar-refractivity contribution in [3.8, 4) is 11.4 Å². The highest BCUT2D eigenvalue weighted by Crippen LogP contribution is 2.36. The van der Waals surface area contributed by atoms with Gasteiger partial charge in [-0.15, -0.1) is 0 Å². The summed E-state index contributed by atoms with van der Waals surface area (Å²) in [5.41, 5.74) is 3.64. The first-order valence-electron chi connectivity index (χ1n) is 15.5. The molecular formula is C34H44N4O4S. The van der Waals surface area contributed by atoms with E-state index in [1.807, 2.05) is 42.5 Å². The standard InChI is InChI=1S/C34H44N4O4S/c1-34(2,3)25-12-14-27(15-13-25)42-23-22-41-21-19-35-18-16-31(39)37-20-17-30-29(24-37)32(40)38(26-8-5-4-6-9-26)33(36-30)43-28-10-7-11-28/h4-6,8-9,12-15,28,35H,7,10-11,16-24H2,1-3H3. The number of hydrogen-bond donors (Lipinski definition) is 1. The van der Waals surface area contributed by atoms with E-state index in [2.05, 4.69) is 38.2 Å². The van der Waals surface area contributed by atoms with Crippen LogP contribution < -0.4 is 15.6 Å². The van der Waals surface area contributed by atoms with Crippen LogP contribution in [-0.4, -0.2) is 65.1 Å². The van der Waals surface area contributed by atoms with E-state index in [4.69, 9.17) is 14.5 Å². The zero-order chi connectivity index (χ0) is 30.2. The van der Waals surface area contributed by atoms with E-state index < -0.39 is 0 Å². The van der Waals surface area contributed by atoms with Gasteiger partial charge in [0.15, 0.2) is 5.16 Å². The molecule has 2 heterocycles. The summed E-state index contributed by atoms with van der Waals surface area (Å²) in [4.78, 5) is 33.5. The normalized spacial score (nSPS) is 15.2. The Morgan fingerprint density at radius 3 is 2.49 bits per heavy atom. The summed E-state index contributed by atoms with van der Waals surface area (Å²) < 4.78 is 13.2. The number of rotatable bonds is 13. The summed E-state index contributed by atoms with van der Waals surface area (Å²) >= 11 is 1.71. The fourth-order valence-corrected chi connectivity index (χ4v) is 6.51. The van der Waals surface area contributed by atoms with Gasteiger partial charge >= 0.3 is 0 Å². The van der Waals surface area contributed by atoms with Gasteiger partial charge in [0.05, 0.1) is 36.7 Å². The van der Waals surface area contributed by atoms with Crippen LogP contribution >= 0.6 is 11.8 Å². The van der Waals surface area contributed by atoms with Crippen molar-refractivity contribution < 1.29 is 14.3 Å². The number of thioether (sulfide) groups is 1. The van der Waals surface area contributed by atoms with Gasteiger partial charge in [0, 0.05) is 37.7 Å². The van der Waals surface area contributed by atoms with E-state index in [9.17, 15) is 9.59 Å². The first kappa shape index (κ1) is 31.3. The lowest BCUT2D eigenvalue weighted by molar-refractivity contribution is -0.132. The van der Waals surface area contributed by atoms with Crippen LogP contribution in [-0.2, 0) is 27.9 Å². The van der Waals surface area contributed by atoms with Crippen molar-refractivity contribution in [3.05, 3.63) is 81.8 Å². The summed E-state index contributed by atoms with van der Waals surface area (Å²) in [6.45, 7) is 10.2. The molecular weight excluding hydrogens is 560 g/mol. The highest BCUT2D eigenvalue weighted by Gasteiger charge is 2.28. The molecule has 1 saturated carbocycles. The van der Waals surface area contributed by atoms with Gasteiger partial charge in [-0.3, -0.25) is 14.2 Å². The fraction of sp³-hybridized carbons (Fsp3) is 0.500. The molecule has 9 heteroatoms. The first-order chi connectivity index (χ1) is 20.8. The molecule has 0 radical (unpaired) electrons. The van der Waals surface area contributed by atoms with E-state index in [0.717, 1.165) is 35.1 Å². The molecule has 43 heavy (non-hydrogen) atoms. The Balaban J connectivity index is 1.04. The molecule has 1 N–H and O–H groups in total. The Morgan fingerprint density at radius 2 is 1.79 bits per heavy atom. The van der Waals surface area contributed by atoms with Crippen LogP contribution in [0.15, 0.2) is 64.5 Å². The van der Waals surface area contributed by atoms with Gasteiger partial charge in [-0.25, -0.2) is 4.98 Å². The number of carbonyl (C=O) groups excluding carboxylic acids is 1. The van der Waals surface area contributed by atoms with Crippen molar-refractivity contribution in [1.29, 1.82) is 0 Å². The fourth-order valence-electron chi connectivity index (χ4n) is 5.18. The maximum Gasteiger partial charge on any atom is 0.264 e. The molecule has 0 unspecified atom stereocenters. The van der Waals surface area contributed by atoms with Crippen molar-refractivity contribution in [1.82, 2.24) is 19.8 Å². The number of carbonyl (C=O) groups is 1. The van der Waals surface area contributed by atoms with Crippen molar-refractivity contribution in [3.63, 3.8) is 0 Å². The number of nitrogens with one attached hydrogen (secondary N) is 1. The number of aromatic nitrogens is 2. The van der Waals surface area contributed by atoms with E-state index >= 15 is 0 Å². The number of hydrogen-bond acceptors (Lipinski definition) is 7. The summed E-state index contributed by atoms with van der Waals surface area (Å²) in [6.07, 6.45) is 4.54. The molecule has 1 aliphatic heterocycles. The zero-order valence-electron chi connectivity index (χ0n) is 25.6. The number of fused-ring (bicyclic) bond motifs is 1. The molecule has 0 atom stereocenters. The summed E-state index contributed by atoms with van der Waals surface area (Å²) in [5, 5.41) is 4.58. The molecule has 5 rings (SSSR count). The molecule has 2 aromatic carbocycles. The van der Waals surface area contributed by atoms with Gasteiger partial charge in [-0.2, -0.15) is 0 Å². The van der Waals surface area contributed by atoms with Gasteiger partial charge in [0.2, 0.25) is 5.91 Å². The quantitative estimate of drug-likeness (QED) is 0.214. The second-order valence-corrected chi connectivity index (χ2v) is 13.5. The smallest absolute Gasteiger partial charge is 0.264 e. The molecule has 1 amide bonds. The number of nitrogens with zero attached hydrogens (tertiary/aromatic N) is 3. The summed E-state index contributed by atoms with van der Waals surface area (Å²) in [7, 11) is 0. The average Bonchev–Trinajstić information content (AvgIpc) is 2.98. The molecule has 0 saturated heterocycles. The van der Waals surface area contributed by atoms with E-state index in [1.54, 1.807) is 21.2 Å². The van der Waals surface area contributed by atoms with E-state index in [0.29, 0.717) is 69.7 Å². The predicted octanol–water partition coefficient (Wildman–Crippen LogP) is 5.13. The van der Waals surface area contributed by atoms with E-state index in [-0.39, 0.29) is 16.9 Å². The number of para-hydroxylation sites is 1. The Morgan fingerprint density at radius 1 is 1.02 bits per heavy atom. The molecule has 1 aromatic heterocycles. The van der Waals surface area contributed by atoms with Crippen molar-refractivity contribution in [2.45, 2.75) is 75.2 Å². The largest absolute Gasteiger partial charge is 0.491 e. The van der Waals surface area contributed by atoms with Crippen LogP contribution in [0, 0.1) is 0 Å². The summed E-state index contributed by atoms with van der Waals surface area (Å²) in [6, 6.07) is 17.9. The minimum absolute atomic E-state index is 0.0449. The lowest BCUT2D eigenvalue weighted by Gasteiger charge is -2.30. The Bertz CT molecular complexity index is 1420. The summed E-state index contributed by atoms with van der Waals surface area (Å²) in [5.74, 6) is 0.889. The molecule has 0 bridgehead atoms. The second-order valence-electron chi connectivity index (χ2n) is 12.3. The maximum absolute atomic E-state index is 13.8.